The van der Waals surface area contributed by atoms with E-state index < -0.39 is 0 Å². The first-order chi connectivity index (χ1) is 11.3. The van der Waals surface area contributed by atoms with Crippen LogP contribution in [0.2, 0.25) is 0 Å². The van der Waals surface area contributed by atoms with Crippen LogP contribution in [0.5, 0.6) is 11.5 Å². The third-order valence-corrected chi connectivity index (χ3v) is 3.69. The monoisotopic (exact) mass is 307 g/mol. The molecule has 23 heavy (non-hydrogen) atoms. The van der Waals surface area contributed by atoms with Gasteiger partial charge in [0.05, 0.1) is 12.2 Å². The molecular formula is C17H13N3O3. The van der Waals surface area contributed by atoms with Gasteiger partial charge in [-0.2, -0.15) is 0 Å². The Morgan fingerprint density at radius 3 is 2.74 bits per heavy atom. The lowest BCUT2D eigenvalue weighted by Crippen LogP contribution is -2.04. The molecule has 0 fully saturated rings. The third-order valence-electron chi connectivity index (χ3n) is 3.69. The van der Waals surface area contributed by atoms with Crippen molar-refractivity contribution in [1.29, 1.82) is 0 Å². The summed E-state index contributed by atoms with van der Waals surface area (Å²) in [7, 11) is 0. The zero-order valence-corrected chi connectivity index (χ0v) is 12.2. The minimum atomic E-state index is 0.209. The molecule has 114 valence electrons. The molecule has 1 aliphatic rings. The number of benzene rings is 2. The lowest BCUT2D eigenvalue weighted by Gasteiger charge is -2.08. The highest BCUT2D eigenvalue weighted by atomic mass is 16.7. The maximum absolute atomic E-state index is 11.3. The van der Waals surface area contributed by atoms with Gasteiger partial charge in [0.2, 0.25) is 6.79 Å². The summed E-state index contributed by atoms with van der Waals surface area (Å²) in [5, 5.41) is 8.09. The number of ether oxygens (including phenoxy) is 2. The van der Waals surface area contributed by atoms with Gasteiger partial charge < -0.3 is 9.47 Å². The van der Waals surface area contributed by atoms with E-state index in [2.05, 4.69) is 10.3 Å². The molecule has 0 atom stereocenters. The predicted molar refractivity (Wildman–Crippen MR) is 82.5 cm³/mol. The molecule has 0 amide bonds. The van der Waals surface area contributed by atoms with Crippen molar-refractivity contribution in [2.45, 2.75) is 6.54 Å². The topological polar surface area (TPSA) is 66.2 Å². The van der Waals surface area contributed by atoms with Crippen molar-refractivity contribution < 1.29 is 14.3 Å². The highest BCUT2D eigenvalue weighted by Gasteiger charge is 2.19. The van der Waals surface area contributed by atoms with Crippen LogP contribution in [0, 0.1) is 0 Å². The summed E-state index contributed by atoms with van der Waals surface area (Å²) in [5.74, 6) is 1.36. The second-order valence-corrected chi connectivity index (χ2v) is 5.15. The Morgan fingerprint density at radius 1 is 1.09 bits per heavy atom. The maximum Gasteiger partial charge on any atom is 0.231 e. The number of aldehydes is 1. The van der Waals surface area contributed by atoms with Crippen LogP contribution in [0.15, 0.2) is 48.5 Å². The molecule has 0 radical (unpaired) electrons. The fourth-order valence-corrected chi connectivity index (χ4v) is 2.61. The Morgan fingerprint density at radius 2 is 1.91 bits per heavy atom. The highest BCUT2D eigenvalue weighted by Crippen LogP contribution is 2.36. The summed E-state index contributed by atoms with van der Waals surface area (Å²) < 4.78 is 12.5. The van der Waals surface area contributed by atoms with Crippen molar-refractivity contribution in [1.82, 2.24) is 15.0 Å². The molecule has 0 unspecified atom stereocenters. The summed E-state index contributed by atoms with van der Waals surface area (Å²) in [4.78, 5) is 11.3. The van der Waals surface area contributed by atoms with E-state index in [1.54, 1.807) is 4.68 Å². The van der Waals surface area contributed by atoms with Gasteiger partial charge in [-0.05, 0) is 23.8 Å². The maximum atomic E-state index is 11.3. The first-order valence-electron chi connectivity index (χ1n) is 7.18. The van der Waals surface area contributed by atoms with Gasteiger partial charge in [-0.15, -0.1) is 5.10 Å². The van der Waals surface area contributed by atoms with Crippen LogP contribution in [0.1, 0.15) is 16.1 Å². The van der Waals surface area contributed by atoms with Gasteiger partial charge in [-0.3, -0.25) is 4.79 Å². The normalized spacial score (nSPS) is 12.3. The van der Waals surface area contributed by atoms with Crippen LogP contribution in [-0.2, 0) is 6.54 Å². The fourth-order valence-electron chi connectivity index (χ4n) is 2.61. The zero-order valence-electron chi connectivity index (χ0n) is 12.2. The first-order valence-corrected chi connectivity index (χ1v) is 7.18. The van der Waals surface area contributed by atoms with E-state index in [-0.39, 0.29) is 6.79 Å². The predicted octanol–water partition coefficient (Wildman–Crippen LogP) is 2.53. The van der Waals surface area contributed by atoms with E-state index in [9.17, 15) is 4.79 Å². The fraction of sp³-hybridized carbons (Fsp3) is 0.118. The molecule has 6 heteroatoms. The molecule has 6 nitrogen and oxygen atoms in total. The van der Waals surface area contributed by atoms with E-state index >= 15 is 0 Å². The number of aromatic nitrogens is 3. The van der Waals surface area contributed by atoms with E-state index in [0.717, 1.165) is 11.1 Å². The minimum absolute atomic E-state index is 0.209. The third kappa shape index (κ3) is 2.44. The molecule has 2 aromatic carbocycles. The van der Waals surface area contributed by atoms with Crippen LogP contribution in [-0.4, -0.2) is 28.1 Å². The average molecular weight is 307 g/mol. The van der Waals surface area contributed by atoms with Crippen molar-refractivity contribution in [2.75, 3.05) is 6.79 Å². The molecule has 0 saturated carbocycles. The lowest BCUT2D eigenvalue weighted by molar-refractivity contribution is 0.111. The Bertz CT molecular complexity index is 859. The number of rotatable bonds is 4. The Labute approximate surface area is 132 Å². The Balaban J connectivity index is 1.78. The molecular weight excluding hydrogens is 294 g/mol. The highest BCUT2D eigenvalue weighted by molar-refractivity contribution is 5.83. The molecule has 4 rings (SSSR count). The van der Waals surface area contributed by atoms with E-state index in [4.69, 9.17) is 9.47 Å². The second-order valence-electron chi connectivity index (χ2n) is 5.15. The van der Waals surface area contributed by atoms with Crippen LogP contribution in [0.3, 0.4) is 0 Å². The van der Waals surface area contributed by atoms with E-state index in [1.165, 1.54) is 0 Å². The molecule has 1 aromatic heterocycles. The van der Waals surface area contributed by atoms with Gasteiger partial charge >= 0.3 is 0 Å². The number of hydrogen-bond acceptors (Lipinski definition) is 5. The van der Waals surface area contributed by atoms with Crippen molar-refractivity contribution in [3.05, 3.63) is 59.8 Å². The largest absolute Gasteiger partial charge is 0.454 e. The van der Waals surface area contributed by atoms with Crippen LogP contribution in [0.25, 0.3) is 11.3 Å². The molecule has 0 aliphatic carbocycles. The average Bonchev–Trinajstić information content (AvgIpc) is 3.21. The summed E-state index contributed by atoms with van der Waals surface area (Å²) in [6, 6.07) is 15.4. The van der Waals surface area contributed by atoms with Gasteiger partial charge in [0.1, 0.15) is 0 Å². The molecule has 3 aromatic rings. The Kier molecular flexibility index (Phi) is 3.27. The van der Waals surface area contributed by atoms with Crippen LogP contribution < -0.4 is 9.47 Å². The summed E-state index contributed by atoms with van der Waals surface area (Å²) >= 11 is 0. The van der Waals surface area contributed by atoms with Gasteiger partial charge in [-0.25, -0.2) is 4.68 Å². The number of nitrogens with zero attached hydrogens (tertiary/aromatic N) is 3. The van der Waals surface area contributed by atoms with E-state index in [0.29, 0.717) is 35.7 Å². The Hall–Kier alpha value is -3.15. The van der Waals surface area contributed by atoms with Crippen molar-refractivity contribution in [2.24, 2.45) is 0 Å². The number of fused-ring (bicyclic) bond motifs is 1. The number of hydrogen-bond donors (Lipinski definition) is 0. The molecule has 0 N–H and O–H groups in total. The number of carbonyl (C=O) groups is 1. The van der Waals surface area contributed by atoms with Crippen LogP contribution >= 0.6 is 0 Å². The molecule has 2 heterocycles. The van der Waals surface area contributed by atoms with Crippen LogP contribution in [0.4, 0.5) is 0 Å². The number of carbonyl (C=O) groups excluding carboxylic acids is 1. The minimum Gasteiger partial charge on any atom is -0.454 e. The van der Waals surface area contributed by atoms with E-state index in [1.807, 2.05) is 48.5 Å². The zero-order chi connectivity index (χ0) is 15.6. The van der Waals surface area contributed by atoms with Crippen molar-refractivity contribution in [3.8, 4) is 22.8 Å². The van der Waals surface area contributed by atoms with Crippen molar-refractivity contribution in [3.63, 3.8) is 0 Å². The standard InChI is InChI=1S/C17H13N3O3/c21-10-14-17(13-6-7-15-16(8-13)23-11-22-15)20(19-18-14)9-12-4-2-1-3-5-12/h1-8,10H,9,11H2. The molecule has 1 aliphatic heterocycles. The smallest absolute Gasteiger partial charge is 0.231 e. The SMILES string of the molecule is O=Cc1nnn(Cc2ccccc2)c1-c1ccc2c(c1)OCO2. The molecule has 0 saturated heterocycles. The van der Waals surface area contributed by atoms with Crippen molar-refractivity contribution >= 4 is 6.29 Å². The molecule has 0 spiro atoms. The summed E-state index contributed by atoms with van der Waals surface area (Å²) in [5.41, 5.74) is 2.87. The van der Waals surface area contributed by atoms with Gasteiger partial charge in [0.15, 0.2) is 23.5 Å². The van der Waals surface area contributed by atoms with Gasteiger partial charge in [0.25, 0.3) is 0 Å². The first kappa shape index (κ1) is 13.5. The summed E-state index contributed by atoms with van der Waals surface area (Å²) in [6.07, 6.45) is 0.717. The lowest BCUT2D eigenvalue weighted by atomic mass is 10.1. The van der Waals surface area contributed by atoms with Gasteiger partial charge in [-0.1, -0.05) is 35.5 Å². The molecule has 0 bridgehead atoms. The summed E-state index contributed by atoms with van der Waals surface area (Å²) in [6.45, 7) is 0.742. The quantitative estimate of drug-likeness (QED) is 0.693. The van der Waals surface area contributed by atoms with Gasteiger partial charge in [0, 0.05) is 5.56 Å². The second kappa shape index (κ2) is 5.57.